The number of para-hydroxylation sites is 1. The van der Waals surface area contributed by atoms with Gasteiger partial charge in [0.1, 0.15) is 6.10 Å². The van der Waals surface area contributed by atoms with Gasteiger partial charge >= 0.3 is 0 Å². The van der Waals surface area contributed by atoms with Gasteiger partial charge in [0.05, 0.1) is 10.2 Å². The van der Waals surface area contributed by atoms with Gasteiger partial charge in [0, 0.05) is 5.92 Å². The molecule has 1 aliphatic rings. The maximum absolute atomic E-state index is 5.99. The van der Waals surface area contributed by atoms with Gasteiger partial charge in [-0.15, -0.1) is 0 Å². The van der Waals surface area contributed by atoms with E-state index in [1.807, 2.05) is 18.2 Å². The van der Waals surface area contributed by atoms with Gasteiger partial charge in [0.2, 0.25) is 0 Å². The predicted molar refractivity (Wildman–Crippen MR) is 70.4 cm³/mol. The first kappa shape index (κ1) is 11.0. The molecule has 1 aliphatic carbocycles. The maximum Gasteiger partial charge on any atom is 0.274 e. The number of fused-ring (bicyclic) bond motifs is 1. The highest BCUT2D eigenvalue weighted by molar-refractivity contribution is 7.20. The smallest absolute Gasteiger partial charge is 0.274 e. The molecule has 1 aromatic carbocycles. The SMILES string of the molecule is NCC1CCCC1Oc1nc2ccccc2s1. The highest BCUT2D eigenvalue weighted by Gasteiger charge is 2.28. The second-order valence-electron chi connectivity index (χ2n) is 4.53. The number of hydrogen-bond acceptors (Lipinski definition) is 4. The second-order valence-corrected chi connectivity index (χ2v) is 5.52. The van der Waals surface area contributed by atoms with E-state index in [1.165, 1.54) is 17.5 Å². The summed E-state index contributed by atoms with van der Waals surface area (Å²) in [6.07, 6.45) is 3.78. The first-order valence-electron chi connectivity index (χ1n) is 6.09. The van der Waals surface area contributed by atoms with E-state index >= 15 is 0 Å². The molecule has 4 heteroatoms. The summed E-state index contributed by atoms with van der Waals surface area (Å²) in [5.74, 6) is 0.502. The van der Waals surface area contributed by atoms with Crippen LogP contribution in [0.3, 0.4) is 0 Å². The Kier molecular flexibility index (Phi) is 2.99. The van der Waals surface area contributed by atoms with Crippen LogP contribution in [0.25, 0.3) is 10.2 Å². The van der Waals surface area contributed by atoms with Crippen molar-refractivity contribution in [3.8, 4) is 5.19 Å². The normalized spacial score (nSPS) is 24.3. The molecule has 0 saturated heterocycles. The van der Waals surface area contributed by atoms with Crippen LogP contribution in [-0.4, -0.2) is 17.6 Å². The number of benzene rings is 1. The van der Waals surface area contributed by atoms with Gasteiger partial charge in [-0.3, -0.25) is 0 Å². The van der Waals surface area contributed by atoms with Crippen molar-refractivity contribution in [1.82, 2.24) is 4.98 Å². The molecule has 0 aliphatic heterocycles. The van der Waals surface area contributed by atoms with E-state index in [0.29, 0.717) is 5.92 Å². The van der Waals surface area contributed by atoms with Crippen LogP contribution in [0, 0.1) is 5.92 Å². The molecular formula is C13H16N2OS. The van der Waals surface area contributed by atoms with Crippen LogP contribution < -0.4 is 10.5 Å². The van der Waals surface area contributed by atoms with Gasteiger partial charge in [-0.2, -0.15) is 0 Å². The Hall–Kier alpha value is -1.13. The average molecular weight is 248 g/mol. The number of hydrogen-bond donors (Lipinski definition) is 1. The molecular weight excluding hydrogens is 232 g/mol. The zero-order valence-corrected chi connectivity index (χ0v) is 10.5. The number of nitrogens with zero attached hydrogens (tertiary/aromatic N) is 1. The first-order chi connectivity index (χ1) is 8.36. The summed E-state index contributed by atoms with van der Waals surface area (Å²) < 4.78 is 7.18. The summed E-state index contributed by atoms with van der Waals surface area (Å²) >= 11 is 1.62. The molecule has 2 unspecified atom stereocenters. The quantitative estimate of drug-likeness (QED) is 0.908. The number of nitrogens with two attached hydrogens (primary N) is 1. The third-order valence-electron chi connectivity index (χ3n) is 3.42. The Morgan fingerprint density at radius 2 is 2.24 bits per heavy atom. The lowest BCUT2D eigenvalue weighted by Gasteiger charge is -2.17. The van der Waals surface area contributed by atoms with Crippen LogP contribution >= 0.6 is 11.3 Å². The maximum atomic E-state index is 5.99. The van der Waals surface area contributed by atoms with Crippen LogP contribution in [0.2, 0.25) is 0 Å². The fourth-order valence-electron chi connectivity index (χ4n) is 2.46. The Morgan fingerprint density at radius 3 is 3.06 bits per heavy atom. The standard InChI is InChI=1S/C13H16N2OS/c14-8-9-4-3-6-11(9)16-13-15-10-5-1-2-7-12(10)17-13/h1-2,5,7,9,11H,3-4,6,8,14H2. The molecule has 1 heterocycles. The van der Waals surface area contributed by atoms with Gasteiger partial charge in [0.15, 0.2) is 0 Å². The van der Waals surface area contributed by atoms with E-state index < -0.39 is 0 Å². The van der Waals surface area contributed by atoms with Crippen LogP contribution in [0.4, 0.5) is 0 Å². The van der Waals surface area contributed by atoms with Crippen molar-refractivity contribution in [2.45, 2.75) is 25.4 Å². The molecule has 2 aromatic rings. The van der Waals surface area contributed by atoms with Crippen LogP contribution in [0.5, 0.6) is 5.19 Å². The predicted octanol–water partition coefficient (Wildman–Crippen LogP) is 2.80. The van der Waals surface area contributed by atoms with Crippen LogP contribution in [0.1, 0.15) is 19.3 Å². The molecule has 1 aromatic heterocycles. The molecule has 0 bridgehead atoms. The molecule has 2 N–H and O–H groups in total. The molecule has 17 heavy (non-hydrogen) atoms. The van der Waals surface area contributed by atoms with Crippen molar-refractivity contribution in [3.05, 3.63) is 24.3 Å². The number of aromatic nitrogens is 1. The van der Waals surface area contributed by atoms with Gasteiger partial charge < -0.3 is 10.5 Å². The summed E-state index contributed by atoms with van der Waals surface area (Å²) in [5, 5.41) is 0.788. The fraction of sp³-hybridized carbons (Fsp3) is 0.462. The van der Waals surface area contributed by atoms with Crippen molar-refractivity contribution in [3.63, 3.8) is 0 Å². The highest BCUT2D eigenvalue weighted by atomic mass is 32.1. The second kappa shape index (κ2) is 4.63. The van der Waals surface area contributed by atoms with Crippen molar-refractivity contribution >= 4 is 21.6 Å². The lowest BCUT2D eigenvalue weighted by molar-refractivity contribution is 0.162. The van der Waals surface area contributed by atoms with Crippen molar-refractivity contribution in [2.75, 3.05) is 6.54 Å². The molecule has 0 radical (unpaired) electrons. The minimum Gasteiger partial charge on any atom is -0.466 e. The van der Waals surface area contributed by atoms with Crippen molar-refractivity contribution < 1.29 is 4.74 Å². The minimum absolute atomic E-state index is 0.264. The molecule has 2 atom stereocenters. The van der Waals surface area contributed by atoms with Gasteiger partial charge in [0.25, 0.3) is 5.19 Å². The Labute approximate surface area is 105 Å². The fourth-order valence-corrected chi connectivity index (χ4v) is 3.33. The lowest BCUT2D eigenvalue weighted by Crippen LogP contribution is -2.27. The molecule has 0 amide bonds. The van der Waals surface area contributed by atoms with E-state index in [0.717, 1.165) is 23.7 Å². The lowest BCUT2D eigenvalue weighted by atomic mass is 10.1. The molecule has 3 rings (SSSR count). The van der Waals surface area contributed by atoms with E-state index in [2.05, 4.69) is 11.1 Å². The summed E-state index contributed by atoms with van der Waals surface area (Å²) in [7, 11) is 0. The van der Waals surface area contributed by atoms with Gasteiger partial charge in [-0.05, 0) is 37.9 Å². The zero-order valence-electron chi connectivity index (χ0n) is 9.63. The Bertz CT molecular complexity index is 478. The third kappa shape index (κ3) is 2.15. The molecule has 1 saturated carbocycles. The first-order valence-corrected chi connectivity index (χ1v) is 6.91. The van der Waals surface area contributed by atoms with Crippen molar-refractivity contribution in [1.29, 1.82) is 0 Å². The summed E-state index contributed by atoms with van der Waals surface area (Å²) in [5.41, 5.74) is 6.78. The highest BCUT2D eigenvalue weighted by Crippen LogP contribution is 2.33. The molecule has 3 nitrogen and oxygen atoms in total. The number of thiazole rings is 1. The summed E-state index contributed by atoms with van der Waals surface area (Å²) in [6, 6.07) is 8.13. The minimum atomic E-state index is 0.264. The average Bonchev–Trinajstić information content (AvgIpc) is 2.94. The topological polar surface area (TPSA) is 48.1 Å². The number of rotatable bonds is 3. The van der Waals surface area contributed by atoms with E-state index in [9.17, 15) is 0 Å². The van der Waals surface area contributed by atoms with Crippen molar-refractivity contribution in [2.24, 2.45) is 11.7 Å². The third-order valence-corrected chi connectivity index (χ3v) is 4.35. The molecule has 1 fully saturated rings. The number of ether oxygens (including phenoxy) is 1. The molecule has 90 valence electrons. The van der Waals surface area contributed by atoms with E-state index in [1.54, 1.807) is 11.3 Å². The monoisotopic (exact) mass is 248 g/mol. The van der Waals surface area contributed by atoms with Gasteiger partial charge in [-0.1, -0.05) is 23.5 Å². The van der Waals surface area contributed by atoms with Gasteiger partial charge in [-0.25, -0.2) is 4.98 Å². The van der Waals surface area contributed by atoms with Crippen LogP contribution in [0.15, 0.2) is 24.3 Å². The summed E-state index contributed by atoms with van der Waals surface area (Å²) in [6.45, 7) is 0.718. The van der Waals surface area contributed by atoms with Crippen LogP contribution in [-0.2, 0) is 0 Å². The summed E-state index contributed by atoms with van der Waals surface area (Å²) in [4.78, 5) is 4.50. The van der Waals surface area contributed by atoms with E-state index in [-0.39, 0.29) is 6.10 Å². The molecule has 0 spiro atoms. The zero-order chi connectivity index (χ0) is 11.7. The van der Waals surface area contributed by atoms with E-state index in [4.69, 9.17) is 10.5 Å². The Balaban J connectivity index is 1.80. The Morgan fingerprint density at radius 1 is 1.35 bits per heavy atom. The largest absolute Gasteiger partial charge is 0.466 e.